The first-order valence-electron chi connectivity index (χ1n) is 23.8. The number of aliphatic hydroxyl groups excluding tert-OH is 4. The zero-order valence-electron chi connectivity index (χ0n) is 41.7. The van der Waals surface area contributed by atoms with E-state index in [0.29, 0.717) is 11.5 Å². The highest BCUT2D eigenvalue weighted by molar-refractivity contribution is 5.98. The minimum Gasteiger partial charge on any atom is -0.480 e. The largest absolute Gasteiger partial charge is 0.480 e. The molecule has 8 atom stereocenters. The number of allylic oxidation sites excluding steroid dienone is 2. The lowest BCUT2D eigenvalue weighted by molar-refractivity contribution is -0.163. The van der Waals surface area contributed by atoms with E-state index in [2.05, 4.69) is 33.5 Å². The van der Waals surface area contributed by atoms with Crippen LogP contribution in [0.4, 0.5) is 0 Å². The molecule has 0 aromatic heterocycles. The highest BCUT2D eigenvalue weighted by Crippen LogP contribution is 2.09. The van der Waals surface area contributed by atoms with E-state index in [1.807, 2.05) is 22.8 Å². The summed E-state index contributed by atoms with van der Waals surface area (Å²) in [6, 6.07) is -13.3. The standard InChI is InChI=1S/C44H74N10O20/c1-4-5-6-7-8-9-10-11-12-17-34(61)52-35(36(62)44(71)72)42(68)51-32(24-57)41(67)50-30(22-55)39(65)47-28(18-19-33(45)60)38(64)46-27(15-13-20-53(73)25(2)58)37(63)49-31(23-56)40(66)48-29(43(69)70)16-14-21-54(74)26(3)59/h9-10,27-32,35-36,55-57,62,73-74H,4-8,11-24H2,1-3H3,(H2,45,60)(H,46,64)(H,47,65)(H,48,66)(H,49,63)(H,50,67)(H,51,68)(H,52,61)(H,69,70)(H,71,72)/b10-9-/t27-,28-,29+,30-,31-,32+,35-,36-/m0/s1. The van der Waals surface area contributed by atoms with E-state index in [1.165, 1.54) is 0 Å². The third kappa shape index (κ3) is 27.3. The van der Waals surface area contributed by atoms with Crippen LogP contribution < -0.4 is 43.0 Å². The molecule has 17 N–H and O–H groups in total. The molecule has 0 bridgehead atoms. The normalized spacial score (nSPS) is 14.3. The van der Waals surface area contributed by atoms with E-state index < -0.39 is 165 Å². The van der Waals surface area contributed by atoms with Gasteiger partial charge in [0.1, 0.15) is 42.3 Å². The summed E-state index contributed by atoms with van der Waals surface area (Å²) in [6.07, 6.45) is 4.61. The highest BCUT2D eigenvalue weighted by Gasteiger charge is 2.37. The molecule has 0 aromatic carbocycles. The predicted octanol–water partition coefficient (Wildman–Crippen LogP) is -5.11. The number of carboxylic acid groups (broad SMARTS) is 2. The summed E-state index contributed by atoms with van der Waals surface area (Å²) in [6.45, 7) is -0.204. The number of nitrogens with one attached hydrogen (secondary N) is 7. The molecule has 30 nitrogen and oxygen atoms in total. The molecule has 30 heteroatoms. The Bertz CT molecular complexity index is 1920. The van der Waals surface area contributed by atoms with Crippen molar-refractivity contribution in [3.8, 4) is 0 Å². The van der Waals surface area contributed by atoms with Gasteiger partial charge < -0.3 is 73.6 Å². The second kappa shape index (κ2) is 37.0. The van der Waals surface area contributed by atoms with Crippen molar-refractivity contribution >= 4 is 71.0 Å². The number of hydroxylamine groups is 4. The van der Waals surface area contributed by atoms with Crippen LogP contribution in [0.2, 0.25) is 0 Å². The summed E-state index contributed by atoms with van der Waals surface area (Å²) in [7, 11) is 0. The maximum Gasteiger partial charge on any atom is 0.335 e. The van der Waals surface area contributed by atoms with Crippen molar-refractivity contribution in [1.29, 1.82) is 0 Å². The maximum atomic E-state index is 13.8. The fourth-order valence-corrected chi connectivity index (χ4v) is 6.47. The predicted molar refractivity (Wildman–Crippen MR) is 253 cm³/mol. The number of primary amides is 1. The fourth-order valence-electron chi connectivity index (χ4n) is 6.47. The number of hydrogen-bond donors (Lipinski definition) is 16. The Morgan fingerprint density at radius 2 is 0.878 bits per heavy atom. The summed E-state index contributed by atoms with van der Waals surface area (Å²) in [5.41, 5.74) is 5.26. The third-order valence-electron chi connectivity index (χ3n) is 10.8. The molecule has 0 saturated heterocycles. The van der Waals surface area contributed by atoms with E-state index in [0.717, 1.165) is 46.0 Å². The van der Waals surface area contributed by atoms with Gasteiger partial charge in [0.25, 0.3) is 0 Å². The average molecular weight is 1060 g/mol. The van der Waals surface area contributed by atoms with Crippen molar-refractivity contribution in [2.45, 2.75) is 159 Å². The molecule has 74 heavy (non-hydrogen) atoms. The monoisotopic (exact) mass is 1060 g/mol. The molecule has 0 aliphatic heterocycles. The molecule has 0 heterocycles. The smallest absolute Gasteiger partial charge is 0.335 e. The van der Waals surface area contributed by atoms with Crippen LogP contribution in [0.5, 0.6) is 0 Å². The zero-order chi connectivity index (χ0) is 56.5. The van der Waals surface area contributed by atoms with Gasteiger partial charge in [-0.15, -0.1) is 0 Å². The minimum atomic E-state index is -2.54. The SMILES string of the molecule is CCCCCC/C=C\CCCC(=O)N[C@H](C(=O)N[C@H](CO)C(=O)N[C@@H](CO)C(=O)N[C@@H](CCC(N)=O)C(=O)N[C@@H](CCCN(O)C(C)=O)C(=O)N[C@@H](CO)C(=O)N[C@H](CCCN(O)C(C)=O)C(=O)O)[C@H](O)C(=O)O. The number of carbonyl (C=O) groups is 12. The first-order valence-corrected chi connectivity index (χ1v) is 23.8. The second-order valence-corrected chi connectivity index (χ2v) is 16.9. The summed E-state index contributed by atoms with van der Waals surface area (Å²) >= 11 is 0. The molecular weight excluding hydrogens is 989 g/mol. The highest BCUT2D eigenvalue weighted by atomic mass is 16.5. The lowest BCUT2D eigenvalue weighted by atomic mass is 10.1. The first-order chi connectivity index (χ1) is 34.8. The van der Waals surface area contributed by atoms with Crippen molar-refractivity contribution in [2.75, 3.05) is 32.9 Å². The van der Waals surface area contributed by atoms with Gasteiger partial charge in [0.05, 0.1) is 19.8 Å². The van der Waals surface area contributed by atoms with Gasteiger partial charge in [-0.1, -0.05) is 38.3 Å². The number of carbonyl (C=O) groups excluding carboxylic acids is 10. The molecule has 0 aliphatic carbocycles. The van der Waals surface area contributed by atoms with Crippen LogP contribution in [0.1, 0.15) is 111 Å². The summed E-state index contributed by atoms with van der Waals surface area (Å²) < 4.78 is 0. The lowest BCUT2D eigenvalue weighted by Gasteiger charge is -2.27. The van der Waals surface area contributed by atoms with Gasteiger partial charge in [-0.2, -0.15) is 0 Å². The van der Waals surface area contributed by atoms with Crippen molar-refractivity contribution in [3.63, 3.8) is 0 Å². The topological polar surface area (TPSA) is 483 Å². The van der Waals surface area contributed by atoms with E-state index in [1.54, 1.807) is 0 Å². The van der Waals surface area contributed by atoms with Gasteiger partial charge in [-0.25, -0.2) is 19.7 Å². The molecule has 420 valence electrons. The van der Waals surface area contributed by atoms with Gasteiger partial charge in [0, 0.05) is 39.8 Å². The summed E-state index contributed by atoms with van der Waals surface area (Å²) in [4.78, 5) is 151. The van der Waals surface area contributed by atoms with Crippen LogP contribution in [0, 0.1) is 0 Å². The van der Waals surface area contributed by atoms with Crippen molar-refractivity contribution in [2.24, 2.45) is 5.73 Å². The molecule has 0 radical (unpaired) electrons. The Morgan fingerprint density at radius 3 is 1.28 bits per heavy atom. The molecule has 0 aromatic rings. The van der Waals surface area contributed by atoms with E-state index in [4.69, 9.17) is 5.73 Å². The minimum absolute atomic E-state index is 0.122. The molecule has 0 fully saturated rings. The molecule has 10 amide bonds. The number of amides is 10. The Morgan fingerprint density at radius 1 is 0.486 bits per heavy atom. The van der Waals surface area contributed by atoms with Crippen LogP contribution in [0.15, 0.2) is 12.2 Å². The fraction of sp³-hybridized carbons (Fsp3) is 0.682. The molecule has 0 rings (SSSR count). The van der Waals surface area contributed by atoms with Crippen LogP contribution in [-0.2, 0) is 57.5 Å². The van der Waals surface area contributed by atoms with Crippen molar-refractivity contribution in [3.05, 3.63) is 12.2 Å². The van der Waals surface area contributed by atoms with E-state index >= 15 is 0 Å². The number of nitrogens with two attached hydrogens (primary N) is 1. The number of unbranched alkanes of at least 4 members (excludes halogenated alkanes) is 5. The van der Waals surface area contributed by atoms with Crippen LogP contribution >= 0.6 is 0 Å². The van der Waals surface area contributed by atoms with Gasteiger partial charge in [0.2, 0.25) is 59.1 Å². The van der Waals surface area contributed by atoms with E-state index in [-0.39, 0.29) is 43.7 Å². The number of aliphatic carboxylic acids is 2. The Hall–Kier alpha value is -6.86. The molecule has 0 aliphatic rings. The third-order valence-corrected chi connectivity index (χ3v) is 10.8. The number of rotatable bonds is 39. The second-order valence-electron chi connectivity index (χ2n) is 16.9. The van der Waals surface area contributed by atoms with E-state index in [9.17, 15) is 98.6 Å². The number of hydrogen-bond acceptors (Lipinski definition) is 18. The molecule has 0 spiro atoms. The first kappa shape index (κ1) is 67.1. The molecular formula is C44H74N10O20. The summed E-state index contributed by atoms with van der Waals surface area (Å²) in [5, 5.41) is 94.0. The molecule has 0 saturated carbocycles. The average Bonchev–Trinajstić information content (AvgIpc) is 3.34. The summed E-state index contributed by atoms with van der Waals surface area (Å²) in [5.74, 6) is -14.8. The number of nitrogens with zero attached hydrogens (tertiary/aromatic N) is 2. The Kier molecular flexibility index (Phi) is 33.5. The lowest BCUT2D eigenvalue weighted by Crippen LogP contribution is -2.62. The van der Waals surface area contributed by atoms with Crippen molar-refractivity contribution in [1.82, 2.24) is 47.3 Å². The number of carboxylic acids is 2. The van der Waals surface area contributed by atoms with Gasteiger partial charge >= 0.3 is 11.9 Å². The molecule has 0 unspecified atom stereocenters. The Balaban J connectivity index is 6.25. The maximum absolute atomic E-state index is 13.8. The number of aliphatic hydroxyl groups is 4. The Labute approximate surface area is 426 Å². The van der Waals surface area contributed by atoms with Gasteiger partial charge in [-0.05, 0) is 57.8 Å². The van der Waals surface area contributed by atoms with Crippen molar-refractivity contribution < 1.29 is 98.6 Å². The van der Waals surface area contributed by atoms with Gasteiger partial charge in [-0.3, -0.25) is 58.4 Å². The van der Waals surface area contributed by atoms with Crippen LogP contribution in [-0.4, -0.2) is 203 Å². The van der Waals surface area contributed by atoms with Crippen LogP contribution in [0.3, 0.4) is 0 Å². The zero-order valence-corrected chi connectivity index (χ0v) is 41.7. The van der Waals surface area contributed by atoms with Gasteiger partial charge in [0.15, 0.2) is 6.10 Å². The van der Waals surface area contributed by atoms with Crippen LogP contribution in [0.25, 0.3) is 0 Å². The quantitative estimate of drug-likeness (QED) is 0.0118.